The van der Waals surface area contributed by atoms with Gasteiger partial charge in [0, 0.05) is 18.6 Å². The Morgan fingerprint density at radius 1 is 1.07 bits per heavy atom. The van der Waals surface area contributed by atoms with E-state index in [-0.39, 0.29) is 48.3 Å². The van der Waals surface area contributed by atoms with Gasteiger partial charge in [-0.15, -0.1) is 0 Å². The average Bonchev–Trinajstić information content (AvgIpc) is 2.69. The fourth-order valence-corrected chi connectivity index (χ4v) is 1.85. The normalized spacial score (nSPS) is 10.3. The van der Waals surface area contributed by atoms with E-state index in [1.807, 2.05) is 0 Å². The van der Waals surface area contributed by atoms with Crippen molar-refractivity contribution in [1.82, 2.24) is 9.97 Å². The number of nitrogens with two attached hydrogens (primary N) is 1. The number of carbonyl (C=O) groups is 2. The molecule has 2 aromatic heterocycles. The average molecular weight is 404 g/mol. The number of rotatable bonds is 7. The monoisotopic (exact) mass is 404 g/mol. The number of nitrogens with zero attached hydrogens (tertiary/aromatic N) is 2. The highest BCUT2D eigenvalue weighted by atomic mass is 16.5. The Hall–Kier alpha value is -3.82. The van der Waals surface area contributed by atoms with Gasteiger partial charge in [0.05, 0.1) is 25.2 Å². The van der Waals surface area contributed by atoms with Gasteiger partial charge in [-0.25, -0.2) is 14.8 Å². The molecule has 5 N–H and O–H groups in total. The molecule has 0 amide bonds. The number of aromatic nitrogens is 2. The first-order chi connectivity index (χ1) is 13.9. The molecule has 0 spiro atoms. The Kier molecular flexibility index (Phi) is 10.0. The van der Waals surface area contributed by atoms with Gasteiger partial charge in [0.25, 0.3) is 0 Å². The third-order valence-electron chi connectivity index (χ3n) is 3.16. The van der Waals surface area contributed by atoms with Crippen LogP contribution < -0.4 is 11.1 Å². The van der Waals surface area contributed by atoms with E-state index in [1.54, 1.807) is 26.0 Å². The van der Waals surface area contributed by atoms with Crippen LogP contribution in [0.1, 0.15) is 20.3 Å². The number of esters is 2. The van der Waals surface area contributed by atoms with Crippen molar-refractivity contribution in [2.75, 3.05) is 24.3 Å². The van der Waals surface area contributed by atoms with Crippen LogP contribution in [0.25, 0.3) is 0 Å². The Morgan fingerprint density at radius 3 is 2.21 bits per heavy atom. The van der Waals surface area contributed by atoms with Crippen LogP contribution in [0.3, 0.4) is 0 Å². The van der Waals surface area contributed by atoms with Gasteiger partial charge in [-0.05, 0) is 38.1 Å². The Bertz CT molecular complexity index is 820. The maximum Gasteiger partial charge on any atom is 0.336 e. The molecule has 0 aliphatic heterocycles. The topological polar surface area (TPSA) is 157 Å². The van der Waals surface area contributed by atoms with E-state index in [0.29, 0.717) is 0 Å². The van der Waals surface area contributed by atoms with Crippen LogP contribution in [0.4, 0.5) is 11.6 Å². The predicted octanol–water partition coefficient (Wildman–Crippen LogP) is 1.97. The Labute approximate surface area is 168 Å². The highest BCUT2D eigenvalue weighted by Gasteiger charge is 2.16. The molecule has 0 fully saturated rings. The second kappa shape index (κ2) is 12.5. The van der Waals surface area contributed by atoms with E-state index < -0.39 is 11.9 Å². The van der Waals surface area contributed by atoms with E-state index in [0.717, 1.165) is 0 Å². The van der Waals surface area contributed by atoms with Gasteiger partial charge >= 0.3 is 11.9 Å². The maximum absolute atomic E-state index is 11.8. The van der Waals surface area contributed by atoms with Gasteiger partial charge in [0.15, 0.2) is 23.1 Å². The maximum atomic E-state index is 11.8. The lowest BCUT2D eigenvalue weighted by Crippen LogP contribution is -2.15. The number of hydrogen-bond acceptors (Lipinski definition) is 10. The molecular formula is C19H24N4O6. The minimum atomic E-state index is -0.631. The second-order valence-electron chi connectivity index (χ2n) is 5.30. The van der Waals surface area contributed by atoms with Crippen molar-refractivity contribution in [3.63, 3.8) is 0 Å². The summed E-state index contributed by atoms with van der Waals surface area (Å²) < 4.78 is 9.66. The molecule has 0 radical (unpaired) electrons. The first-order valence-electron chi connectivity index (χ1n) is 8.70. The van der Waals surface area contributed by atoms with Crippen molar-refractivity contribution in [3.8, 4) is 11.5 Å². The summed E-state index contributed by atoms with van der Waals surface area (Å²) in [4.78, 5) is 30.7. The van der Waals surface area contributed by atoms with Crippen LogP contribution in [0.5, 0.6) is 11.5 Å². The molecule has 0 bridgehead atoms. The van der Waals surface area contributed by atoms with Gasteiger partial charge in [-0.3, -0.25) is 4.79 Å². The van der Waals surface area contributed by atoms with Gasteiger partial charge in [0.2, 0.25) is 0 Å². The van der Waals surface area contributed by atoms with Crippen LogP contribution in [-0.2, 0) is 19.1 Å². The van der Waals surface area contributed by atoms with Crippen LogP contribution in [-0.4, -0.2) is 45.3 Å². The fourth-order valence-electron chi connectivity index (χ4n) is 1.85. The molecule has 0 unspecified atom stereocenters. The zero-order valence-electron chi connectivity index (χ0n) is 16.2. The highest BCUT2D eigenvalue weighted by Crippen LogP contribution is 2.19. The lowest BCUT2D eigenvalue weighted by molar-refractivity contribution is -0.145. The van der Waals surface area contributed by atoms with E-state index in [4.69, 9.17) is 20.3 Å². The molecule has 10 heteroatoms. The first kappa shape index (κ1) is 23.2. The van der Waals surface area contributed by atoms with E-state index in [9.17, 15) is 14.7 Å². The minimum absolute atomic E-state index is 0.0347. The van der Waals surface area contributed by atoms with Crippen molar-refractivity contribution in [2.24, 2.45) is 0 Å². The number of pyridine rings is 2. The highest BCUT2D eigenvalue weighted by molar-refractivity contribution is 5.94. The Balaban J connectivity index is 0.000000436. The molecule has 2 rings (SSSR count). The van der Waals surface area contributed by atoms with Gasteiger partial charge < -0.3 is 30.7 Å². The summed E-state index contributed by atoms with van der Waals surface area (Å²) in [5, 5.41) is 21.0. The standard InChI is InChI=1S/C14H18N2O5.C5H6N2O/c1-3-20-12(18)8-10(14(19)21-4-2)9-16-13-11(17)6-5-7-15-13;6-5-4(8)2-1-3-7-5/h5-7,9,17H,3-4,8H2,1-2H3,(H,15,16);1-3,8H,(H2,6,7)/b10-9-;. The SMILES string of the molecule is CCOC(=O)C/C(=C/Nc1ncccc1O)C(=O)OCC.Nc1ncccc1O. The largest absolute Gasteiger partial charge is 0.504 e. The molecule has 0 saturated heterocycles. The lowest BCUT2D eigenvalue weighted by atomic mass is 10.2. The third kappa shape index (κ3) is 8.61. The van der Waals surface area contributed by atoms with Crippen molar-refractivity contribution < 1.29 is 29.3 Å². The molecule has 0 aliphatic rings. The Morgan fingerprint density at radius 2 is 1.69 bits per heavy atom. The summed E-state index contributed by atoms with van der Waals surface area (Å²) in [5.74, 6) is -0.867. The fraction of sp³-hybridized carbons (Fsp3) is 0.263. The zero-order valence-corrected chi connectivity index (χ0v) is 16.2. The van der Waals surface area contributed by atoms with Crippen LogP contribution in [0.15, 0.2) is 48.4 Å². The van der Waals surface area contributed by atoms with Crippen LogP contribution >= 0.6 is 0 Å². The summed E-state index contributed by atoms with van der Waals surface area (Å²) >= 11 is 0. The summed E-state index contributed by atoms with van der Waals surface area (Å²) in [7, 11) is 0. The smallest absolute Gasteiger partial charge is 0.336 e. The van der Waals surface area contributed by atoms with Crippen LogP contribution in [0, 0.1) is 0 Å². The molecule has 2 aromatic rings. The number of nitrogen functional groups attached to an aromatic ring is 1. The number of anilines is 2. The molecule has 0 atom stereocenters. The lowest BCUT2D eigenvalue weighted by Gasteiger charge is -2.08. The van der Waals surface area contributed by atoms with Crippen molar-refractivity contribution >= 4 is 23.6 Å². The number of nitrogens with one attached hydrogen (secondary N) is 1. The van der Waals surface area contributed by atoms with Gasteiger partial charge in [-0.1, -0.05) is 0 Å². The molecule has 0 aromatic carbocycles. The minimum Gasteiger partial charge on any atom is -0.504 e. The van der Waals surface area contributed by atoms with Gasteiger partial charge in [0.1, 0.15) is 0 Å². The van der Waals surface area contributed by atoms with Gasteiger partial charge in [-0.2, -0.15) is 0 Å². The van der Waals surface area contributed by atoms with E-state index in [1.165, 1.54) is 30.7 Å². The summed E-state index contributed by atoms with van der Waals surface area (Å²) in [6.45, 7) is 3.75. The number of carbonyl (C=O) groups excluding carboxylic acids is 2. The molecule has 2 heterocycles. The molecule has 0 aliphatic carbocycles. The molecule has 156 valence electrons. The van der Waals surface area contributed by atoms with Crippen molar-refractivity contribution in [2.45, 2.75) is 20.3 Å². The van der Waals surface area contributed by atoms with Crippen molar-refractivity contribution in [3.05, 3.63) is 48.4 Å². The summed E-state index contributed by atoms with van der Waals surface area (Å²) in [6, 6.07) is 6.11. The number of aromatic hydroxyl groups is 2. The van der Waals surface area contributed by atoms with Crippen molar-refractivity contribution in [1.29, 1.82) is 0 Å². The first-order valence-corrected chi connectivity index (χ1v) is 8.70. The van der Waals surface area contributed by atoms with Crippen LogP contribution in [0.2, 0.25) is 0 Å². The molecule has 10 nitrogen and oxygen atoms in total. The van der Waals surface area contributed by atoms with E-state index >= 15 is 0 Å². The predicted molar refractivity (Wildman–Crippen MR) is 106 cm³/mol. The number of ether oxygens (including phenoxy) is 2. The molecule has 29 heavy (non-hydrogen) atoms. The molecule has 0 saturated carbocycles. The number of hydrogen-bond donors (Lipinski definition) is 4. The van der Waals surface area contributed by atoms with E-state index in [2.05, 4.69) is 15.3 Å². The third-order valence-corrected chi connectivity index (χ3v) is 3.16. The zero-order chi connectivity index (χ0) is 21.6. The second-order valence-corrected chi connectivity index (χ2v) is 5.30. The quantitative estimate of drug-likeness (QED) is 0.397. The molecular weight excluding hydrogens is 380 g/mol. The summed E-state index contributed by atoms with van der Waals surface area (Å²) in [5.41, 5.74) is 5.24. The summed E-state index contributed by atoms with van der Waals surface area (Å²) in [6.07, 6.45) is 4.05.